The molecule has 0 amide bonds. The van der Waals surface area contributed by atoms with Crippen molar-refractivity contribution in [3.8, 4) is 11.3 Å². The van der Waals surface area contributed by atoms with Crippen molar-refractivity contribution in [2.45, 2.75) is 26.3 Å². The molecule has 1 heterocycles. The van der Waals surface area contributed by atoms with Gasteiger partial charge in [-0.05, 0) is 18.2 Å². The number of benzene rings is 1. The molecule has 2 rings (SSSR count). The van der Waals surface area contributed by atoms with Crippen LogP contribution < -0.4 is 5.32 Å². The van der Waals surface area contributed by atoms with Crippen LogP contribution in [0.25, 0.3) is 11.3 Å². The minimum atomic E-state index is 0.455. The lowest BCUT2D eigenvalue weighted by atomic mass is 10.2. The van der Waals surface area contributed by atoms with E-state index in [1.807, 2.05) is 0 Å². The minimum absolute atomic E-state index is 0.455. The van der Waals surface area contributed by atoms with Crippen molar-refractivity contribution in [2.24, 2.45) is 0 Å². The predicted molar refractivity (Wildman–Crippen MR) is 78.8 cm³/mol. The average Bonchev–Trinajstić information content (AvgIpc) is 2.80. The second-order valence-electron chi connectivity index (χ2n) is 4.60. The van der Waals surface area contributed by atoms with Gasteiger partial charge in [0.2, 0.25) is 0 Å². The van der Waals surface area contributed by atoms with E-state index in [4.69, 9.17) is 27.6 Å². The summed E-state index contributed by atoms with van der Waals surface area (Å²) < 4.78 is 5.69. The summed E-state index contributed by atoms with van der Waals surface area (Å²) in [4.78, 5) is 4.25. The van der Waals surface area contributed by atoms with E-state index in [0.29, 0.717) is 27.7 Å². The minimum Gasteiger partial charge on any atom is -0.441 e. The highest BCUT2D eigenvalue weighted by Crippen LogP contribution is 2.30. The van der Waals surface area contributed by atoms with Crippen molar-refractivity contribution >= 4 is 23.2 Å². The Bertz CT molecular complexity index is 552. The molecule has 0 aliphatic heterocycles. The molecule has 2 aromatic rings. The molecule has 0 saturated carbocycles. The lowest BCUT2D eigenvalue weighted by molar-refractivity contribution is 0.485. The highest BCUT2D eigenvalue weighted by atomic mass is 35.5. The van der Waals surface area contributed by atoms with Gasteiger partial charge in [0.15, 0.2) is 11.7 Å². The maximum absolute atomic E-state index is 6.13. The fraction of sp³-hybridized carbons (Fsp3) is 0.357. The standard InChI is InChI=1S/C14H16Cl2N2O/c1-9(2)17-6-5-14-18-8-13(19-14)11-7-10(15)3-4-12(11)16/h3-4,7-9,17H,5-6H2,1-2H3. The Morgan fingerprint density at radius 1 is 1.32 bits per heavy atom. The molecule has 19 heavy (non-hydrogen) atoms. The van der Waals surface area contributed by atoms with Crippen molar-refractivity contribution in [3.05, 3.63) is 40.3 Å². The van der Waals surface area contributed by atoms with Gasteiger partial charge in [-0.1, -0.05) is 37.0 Å². The van der Waals surface area contributed by atoms with Crippen LogP contribution in [0.5, 0.6) is 0 Å². The van der Waals surface area contributed by atoms with Gasteiger partial charge in [-0.2, -0.15) is 0 Å². The summed E-state index contributed by atoms with van der Waals surface area (Å²) in [6.45, 7) is 5.04. The molecule has 102 valence electrons. The van der Waals surface area contributed by atoms with Crippen LogP contribution in [-0.4, -0.2) is 17.6 Å². The highest BCUT2D eigenvalue weighted by Gasteiger charge is 2.10. The molecule has 1 aromatic heterocycles. The monoisotopic (exact) mass is 298 g/mol. The molecule has 5 heteroatoms. The Hall–Kier alpha value is -1.03. The first-order valence-corrected chi connectivity index (χ1v) is 6.95. The SMILES string of the molecule is CC(C)NCCc1ncc(-c2cc(Cl)ccc2Cl)o1. The molecule has 0 atom stereocenters. The maximum Gasteiger partial charge on any atom is 0.196 e. The number of hydrogen-bond acceptors (Lipinski definition) is 3. The number of nitrogens with zero attached hydrogens (tertiary/aromatic N) is 1. The Labute approximate surface area is 122 Å². The third kappa shape index (κ3) is 3.96. The number of aromatic nitrogens is 1. The summed E-state index contributed by atoms with van der Waals surface area (Å²) in [5.41, 5.74) is 0.768. The van der Waals surface area contributed by atoms with E-state index >= 15 is 0 Å². The second-order valence-corrected chi connectivity index (χ2v) is 5.44. The van der Waals surface area contributed by atoms with E-state index in [1.165, 1.54) is 0 Å². The fourth-order valence-corrected chi connectivity index (χ4v) is 2.09. The van der Waals surface area contributed by atoms with Crippen molar-refractivity contribution < 1.29 is 4.42 Å². The zero-order valence-corrected chi connectivity index (χ0v) is 12.4. The molecule has 0 radical (unpaired) electrons. The van der Waals surface area contributed by atoms with Crippen LogP contribution >= 0.6 is 23.2 Å². The van der Waals surface area contributed by atoms with Crippen LogP contribution in [0.2, 0.25) is 10.0 Å². The third-order valence-corrected chi connectivity index (χ3v) is 3.20. The van der Waals surface area contributed by atoms with Gasteiger partial charge in [-0.15, -0.1) is 0 Å². The van der Waals surface area contributed by atoms with Crippen molar-refractivity contribution in [2.75, 3.05) is 6.54 Å². The summed E-state index contributed by atoms with van der Waals surface area (Å²) in [7, 11) is 0. The Balaban J connectivity index is 2.10. The number of halogens is 2. The van der Waals surface area contributed by atoms with Crippen molar-refractivity contribution in [1.29, 1.82) is 0 Å². The van der Waals surface area contributed by atoms with E-state index < -0.39 is 0 Å². The van der Waals surface area contributed by atoms with Gasteiger partial charge >= 0.3 is 0 Å². The summed E-state index contributed by atoms with van der Waals surface area (Å²) in [5, 5.41) is 4.54. The number of rotatable bonds is 5. The van der Waals surface area contributed by atoms with Crippen molar-refractivity contribution in [1.82, 2.24) is 10.3 Å². The van der Waals surface area contributed by atoms with Crippen LogP contribution in [0.15, 0.2) is 28.8 Å². The molecular weight excluding hydrogens is 283 g/mol. The Kier molecular flexibility index (Phi) is 4.86. The molecule has 0 aliphatic carbocycles. The van der Waals surface area contributed by atoms with Crippen LogP contribution in [0.4, 0.5) is 0 Å². The van der Waals surface area contributed by atoms with Gasteiger partial charge in [-0.25, -0.2) is 4.98 Å². The predicted octanol–water partition coefficient (Wildman–Crippen LogP) is 4.19. The van der Waals surface area contributed by atoms with Gasteiger partial charge < -0.3 is 9.73 Å². The molecule has 0 saturated heterocycles. The molecule has 3 nitrogen and oxygen atoms in total. The normalized spacial score (nSPS) is 11.2. The van der Waals surface area contributed by atoms with E-state index in [-0.39, 0.29) is 0 Å². The average molecular weight is 299 g/mol. The topological polar surface area (TPSA) is 38.1 Å². The lowest BCUT2D eigenvalue weighted by Crippen LogP contribution is -2.24. The Morgan fingerprint density at radius 3 is 2.84 bits per heavy atom. The summed E-state index contributed by atoms with van der Waals surface area (Å²) in [6, 6.07) is 5.73. The Morgan fingerprint density at radius 2 is 2.11 bits per heavy atom. The quantitative estimate of drug-likeness (QED) is 0.899. The largest absolute Gasteiger partial charge is 0.441 e. The van der Waals surface area contributed by atoms with Crippen LogP contribution in [0.3, 0.4) is 0 Å². The van der Waals surface area contributed by atoms with E-state index in [0.717, 1.165) is 18.5 Å². The van der Waals surface area contributed by atoms with Crippen LogP contribution in [0, 0.1) is 0 Å². The number of oxazole rings is 1. The summed E-state index contributed by atoms with van der Waals surface area (Å²) in [6.07, 6.45) is 2.43. The molecule has 1 N–H and O–H groups in total. The number of hydrogen-bond donors (Lipinski definition) is 1. The summed E-state index contributed by atoms with van der Waals surface area (Å²) >= 11 is 12.1. The third-order valence-electron chi connectivity index (χ3n) is 2.64. The summed E-state index contributed by atoms with van der Waals surface area (Å²) in [5.74, 6) is 1.34. The molecule has 1 aromatic carbocycles. The van der Waals surface area contributed by atoms with E-state index in [1.54, 1.807) is 24.4 Å². The van der Waals surface area contributed by atoms with Gasteiger partial charge in [-0.3, -0.25) is 0 Å². The second kappa shape index (κ2) is 6.42. The highest BCUT2D eigenvalue weighted by molar-refractivity contribution is 6.35. The van der Waals surface area contributed by atoms with Crippen LogP contribution in [-0.2, 0) is 6.42 Å². The molecule has 0 unspecified atom stereocenters. The first-order chi connectivity index (χ1) is 9.06. The smallest absolute Gasteiger partial charge is 0.196 e. The molecule has 0 fully saturated rings. The van der Waals surface area contributed by atoms with Gasteiger partial charge in [0, 0.05) is 29.6 Å². The molecular formula is C14H16Cl2N2O. The van der Waals surface area contributed by atoms with E-state index in [9.17, 15) is 0 Å². The van der Waals surface area contributed by atoms with Gasteiger partial charge in [0.1, 0.15) is 0 Å². The number of nitrogens with one attached hydrogen (secondary N) is 1. The molecule has 0 spiro atoms. The van der Waals surface area contributed by atoms with E-state index in [2.05, 4.69) is 24.1 Å². The maximum atomic E-state index is 6.13. The van der Waals surface area contributed by atoms with Gasteiger partial charge in [0.05, 0.1) is 11.2 Å². The molecule has 0 aliphatic rings. The zero-order valence-electron chi connectivity index (χ0n) is 10.9. The lowest BCUT2D eigenvalue weighted by Gasteiger charge is -2.05. The first-order valence-electron chi connectivity index (χ1n) is 6.20. The zero-order chi connectivity index (χ0) is 13.8. The fourth-order valence-electron chi connectivity index (χ4n) is 1.70. The first kappa shape index (κ1) is 14.4. The van der Waals surface area contributed by atoms with Crippen molar-refractivity contribution in [3.63, 3.8) is 0 Å². The molecule has 0 bridgehead atoms. The van der Waals surface area contributed by atoms with Gasteiger partial charge in [0.25, 0.3) is 0 Å². The van der Waals surface area contributed by atoms with Crippen LogP contribution in [0.1, 0.15) is 19.7 Å².